The molecule has 0 atom stereocenters. The van der Waals surface area contributed by atoms with Gasteiger partial charge in [-0.15, -0.1) is 0 Å². The fourth-order valence-corrected chi connectivity index (χ4v) is 2.63. The minimum atomic E-state index is -0.494. The largest absolute Gasteiger partial charge is 0.360 e. The molecule has 1 aromatic heterocycles. The summed E-state index contributed by atoms with van der Waals surface area (Å²) in [6.45, 7) is 0. The lowest BCUT2D eigenvalue weighted by Gasteiger charge is -1.99. The summed E-state index contributed by atoms with van der Waals surface area (Å²) in [5.74, 6) is -0.365. The average molecular weight is 387 g/mol. The molecular weight excluding hydrogens is 376 g/mol. The molecule has 3 rings (SSSR count). The van der Waals surface area contributed by atoms with Crippen LogP contribution in [0.1, 0.15) is 15.9 Å². The standard InChI is InChI=1S/C16H11BrN4O3/c17-13-6-5-10(7-15(13)21(23)24)8-19-20-16(22)12-9-18-14-4-2-1-3-11(12)14/h1-9,18H,(H,20,22)/b19-8+. The number of carbonyl (C=O) groups excluding carboxylic acids is 1. The Morgan fingerprint density at radius 1 is 1.29 bits per heavy atom. The van der Waals surface area contributed by atoms with Crippen molar-refractivity contribution in [2.75, 3.05) is 0 Å². The van der Waals surface area contributed by atoms with Crippen LogP contribution in [0.15, 0.2) is 58.2 Å². The van der Waals surface area contributed by atoms with Gasteiger partial charge in [0.1, 0.15) is 0 Å². The van der Waals surface area contributed by atoms with E-state index in [1.165, 1.54) is 12.3 Å². The van der Waals surface area contributed by atoms with Crippen LogP contribution in [0.5, 0.6) is 0 Å². The van der Waals surface area contributed by atoms with Gasteiger partial charge in [-0.05, 0) is 28.1 Å². The highest BCUT2D eigenvalue weighted by Gasteiger charge is 2.12. The Bertz CT molecular complexity index is 965. The molecule has 0 aliphatic rings. The summed E-state index contributed by atoms with van der Waals surface area (Å²) >= 11 is 3.11. The Morgan fingerprint density at radius 3 is 2.88 bits per heavy atom. The van der Waals surface area contributed by atoms with Gasteiger partial charge < -0.3 is 4.98 Å². The molecule has 0 fully saturated rings. The maximum Gasteiger partial charge on any atom is 0.284 e. The van der Waals surface area contributed by atoms with Crippen molar-refractivity contribution < 1.29 is 9.72 Å². The minimum Gasteiger partial charge on any atom is -0.360 e. The van der Waals surface area contributed by atoms with E-state index < -0.39 is 4.92 Å². The molecule has 0 radical (unpaired) electrons. The molecule has 2 N–H and O–H groups in total. The highest BCUT2D eigenvalue weighted by Crippen LogP contribution is 2.25. The third-order valence-electron chi connectivity index (χ3n) is 3.38. The van der Waals surface area contributed by atoms with E-state index >= 15 is 0 Å². The summed E-state index contributed by atoms with van der Waals surface area (Å²) in [6, 6.07) is 12.0. The summed E-state index contributed by atoms with van der Waals surface area (Å²) in [6.07, 6.45) is 2.96. The molecule has 0 aliphatic heterocycles. The molecule has 3 aromatic rings. The van der Waals surface area contributed by atoms with E-state index in [1.807, 2.05) is 24.3 Å². The van der Waals surface area contributed by atoms with E-state index in [4.69, 9.17) is 0 Å². The van der Waals surface area contributed by atoms with Gasteiger partial charge in [0.15, 0.2) is 0 Å². The van der Waals surface area contributed by atoms with E-state index in [-0.39, 0.29) is 11.6 Å². The number of aromatic nitrogens is 1. The molecule has 0 unspecified atom stereocenters. The molecule has 1 amide bonds. The summed E-state index contributed by atoms with van der Waals surface area (Å²) < 4.78 is 0.382. The molecule has 8 heteroatoms. The lowest BCUT2D eigenvalue weighted by Crippen LogP contribution is -2.17. The first-order valence-electron chi connectivity index (χ1n) is 6.90. The summed E-state index contributed by atoms with van der Waals surface area (Å²) in [4.78, 5) is 25.6. The molecule has 0 spiro atoms. The number of benzene rings is 2. The Hall–Kier alpha value is -3.00. The number of fused-ring (bicyclic) bond motifs is 1. The first-order chi connectivity index (χ1) is 11.6. The lowest BCUT2D eigenvalue weighted by molar-refractivity contribution is -0.385. The van der Waals surface area contributed by atoms with Crippen LogP contribution in [0.4, 0.5) is 5.69 Å². The number of nitrogens with zero attached hydrogens (tertiary/aromatic N) is 2. The number of hydrazone groups is 1. The Morgan fingerprint density at radius 2 is 2.08 bits per heavy atom. The van der Waals surface area contributed by atoms with Gasteiger partial charge in [0.25, 0.3) is 11.6 Å². The second-order valence-electron chi connectivity index (χ2n) is 4.92. The maximum atomic E-state index is 12.2. The number of halogens is 1. The van der Waals surface area contributed by atoms with Gasteiger partial charge in [-0.3, -0.25) is 14.9 Å². The molecule has 0 saturated heterocycles. The molecule has 0 bridgehead atoms. The van der Waals surface area contributed by atoms with Gasteiger partial charge in [-0.25, -0.2) is 5.43 Å². The number of carbonyl (C=O) groups is 1. The zero-order valence-electron chi connectivity index (χ0n) is 12.2. The van der Waals surface area contributed by atoms with E-state index in [0.717, 1.165) is 10.9 Å². The number of para-hydroxylation sites is 1. The van der Waals surface area contributed by atoms with Crippen molar-refractivity contribution in [2.24, 2.45) is 5.10 Å². The van der Waals surface area contributed by atoms with Crippen LogP contribution in [0.25, 0.3) is 10.9 Å². The van der Waals surface area contributed by atoms with Crippen LogP contribution in [0.2, 0.25) is 0 Å². The number of amides is 1. The quantitative estimate of drug-likeness (QED) is 0.406. The molecule has 0 aliphatic carbocycles. The molecule has 7 nitrogen and oxygen atoms in total. The van der Waals surface area contributed by atoms with Crippen LogP contribution in [0, 0.1) is 10.1 Å². The van der Waals surface area contributed by atoms with Crippen molar-refractivity contribution in [3.63, 3.8) is 0 Å². The van der Waals surface area contributed by atoms with Gasteiger partial charge in [0.05, 0.1) is 21.2 Å². The third kappa shape index (κ3) is 3.18. The second-order valence-corrected chi connectivity index (χ2v) is 5.77. The van der Waals surface area contributed by atoms with Crippen LogP contribution in [0.3, 0.4) is 0 Å². The highest BCUT2D eigenvalue weighted by atomic mass is 79.9. The number of hydrogen-bond donors (Lipinski definition) is 2. The fraction of sp³-hybridized carbons (Fsp3) is 0. The average Bonchev–Trinajstić information content (AvgIpc) is 3.00. The smallest absolute Gasteiger partial charge is 0.284 e. The summed E-state index contributed by atoms with van der Waals surface area (Å²) in [7, 11) is 0. The van der Waals surface area contributed by atoms with E-state index in [9.17, 15) is 14.9 Å². The predicted octanol–water partition coefficient (Wildman–Crippen LogP) is 3.60. The van der Waals surface area contributed by atoms with Crippen molar-refractivity contribution in [1.82, 2.24) is 10.4 Å². The summed E-state index contributed by atoms with van der Waals surface area (Å²) in [5, 5.41) is 15.5. The van der Waals surface area contributed by atoms with Gasteiger partial charge in [0.2, 0.25) is 0 Å². The minimum absolute atomic E-state index is 0.0677. The van der Waals surface area contributed by atoms with Crippen molar-refractivity contribution in [1.29, 1.82) is 0 Å². The first kappa shape index (κ1) is 15.9. The number of hydrogen-bond acceptors (Lipinski definition) is 4. The Balaban J connectivity index is 1.76. The van der Waals surface area contributed by atoms with Crippen LogP contribution in [-0.2, 0) is 0 Å². The maximum absolute atomic E-state index is 12.2. The number of nitro groups is 1. The molecule has 24 heavy (non-hydrogen) atoms. The Kier molecular flexibility index (Phi) is 4.39. The third-order valence-corrected chi connectivity index (χ3v) is 4.05. The highest BCUT2D eigenvalue weighted by molar-refractivity contribution is 9.10. The van der Waals surface area contributed by atoms with Gasteiger partial charge in [0, 0.05) is 28.7 Å². The number of nitrogens with one attached hydrogen (secondary N) is 2. The molecule has 1 heterocycles. The van der Waals surface area contributed by atoms with E-state index in [2.05, 4.69) is 31.4 Å². The normalized spacial score (nSPS) is 11.0. The number of rotatable bonds is 4. The van der Waals surface area contributed by atoms with Gasteiger partial charge in [-0.2, -0.15) is 5.10 Å². The van der Waals surface area contributed by atoms with Crippen molar-refractivity contribution in [3.05, 3.63) is 74.4 Å². The SMILES string of the molecule is O=C(N/N=C/c1ccc(Br)c([N+](=O)[O-])c1)c1c[nH]c2ccccc12. The molecular formula is C16H11BrN4O3. The number of H-pyrrole nitrogens is 1. The summed E-state index contributed by atoms with van der Waals surface area (Å²) in [5.41, 5.74) is 4.19. The van der Waals surface area contributed by atoms with Gasteiger partial charge >= 0.3 is 0 Å². The van der Waals surface area contributed by atoms with Crippen molar-refractivity contribution >= 4 is 44.6 Å². The van der Waals surface area contributed by atoms with E-state index in [1.54, 1.807) is 18.3 Å². The topological polar surface area (TPSA) is 100 Å². The number of aromatic amines is 1. The van der Waals surface area contributed by atoms with Crippen LogP contribution in [-0.4, -0.2) is 22.0 Å². The zero-order chi connectivity index (χ0) is 17.1. The first-order valence-corrected chi connectivity index (χ1v) is 7.69. The molecule has 2 aromatic carbocycles. The van der Waals surface area contributed by atoms with Crippen LogP contribution < -0.4 is 5.43 Å². The van der Waals surface area contributed by atoms with E-state index in [0.29, 0.717) is 15.6 Å². The Labute approximate surface area is 144 Å². The lowest BCUT2D eigenvalue weighted by atomic mass is 10.2. The molecule has 120 valence electrons. The van der Waals surface area contributed by atoms with Gasteiger partial charge in [-0.1, -0.05) is 24.3 Å². The predicted molar refractivity (Wildman–Crippen MR) is 94.2 cm³/mol. The second kappa shape index (κ2) is 6.63. The monoisotopic (exact) mass is 386 g/mol. The molecule has 0 saturated carbocycles. The zero-order valence-corrected chi connectivity index (χ0v) is 13.8. The van der Waals surface area contributed by atoms with Crippen molar-refractivity contribution in [3.8, 4) is 0 Å². The number of nitro benzene ring substituents is 1. The fourth-order valence-electron chi connectivity index (χ4n) is 2.23. The van der Waals surface area contributed by atoms with Crippen LogP contribution >= 0.6 is 15.9 Å². The van der Waals surface area contributed by atoms with Crippen molar-refractivity contribution in [2.45, 2.75) is 0 Å².